The fourth-order valence-electron chi connectivity index (χ4n) is 1.61. The van der Waals surface area contributed by atoms with Crippen molar-refractivity contribution in [1.82, 2.24) is 10.2 Å². The van der Waals surface area contributed by atoms with Gasteiger partial charge < -0.3 is 10.1 Å². The number of rotatable bonds is 3. The number of anilines is 1. The standard InChI is InChI=1S/C10H15N3O/c1-4-10(13-12-5-1)11-7-9-3-2-6-14-8-9/h1,4-5,9H,2-3,6-8H2,(H,11,13). The molecule has 4 heteroatoms. The van der Waals surface area contributed by atoms with Crippen LogP contribution in [0.25, 0.3) is 0 Å². The highest BCUT2D eigenvalue weighted by Crippen LogP contribution is 2.13. The Labute approximate surface area is 83.7 Å². The van der Waals surface area contributed by atoms with E-state index in [0.29, 0.717) is 5.92 Å². The lowest BCUT2D eigenvalue weighted by Gasteiger charge is -2.22. The van der Waals surface area contributed by atoms with Crippen molar-refractivity contribution < 1.29 is 4.74 Å². The van der Waals surface area contributed by atoms with E-state index in [1.165, 1.54) is 12.8 Å². The maximum atomic E-state index is 5.39. The molecule has 76 valence electrons. The van der Waals surface area contributed by atoms with Gasteiger partial charge in [-0.25, -0.2) is 0 Å². The van der Waals surface area contributed by atoms with E-state index in [1.807, 2.05) is 12.1 Å². The first-order valence-electron chi connectivity index (χ1n) is 5.04. The Morgan fingerprint density at radius 1 is 1.57 bits per heavy atom. The van der Waals surface area contributed by atoms with Crippen molar-refractivity contribution in [3.05, 3.63) is 18.3 Å². The molecule has 1 N–H and O–H groups in total. The highest BCUT2D eigenvalue weighted by Gasteiger charge is 2.13. The van der Waals surface area contributed by atoms with Crippen LogP contribution in [0.3, 0.4) is 0 Å². The molecule has 0 saturated carbocycles. The Bertz CT molecular complexity index is 259. The van der Waals surface area contributed by atoms with E-state index in [1.54, 1.807) is 6.20 Å². The van der Waals surface area contributed by atoms with Crippen molar-refractivity contribution in [3.63, 3.8) is 0 Å². The van der Waals surface area contributed by atoms with Gasteiger partial charge in [-0.05, 0) is 30.9 Å². The van der Waals surface area contributed by atoms with Crippen LogP contribution in [-0.4, -0.2) is 30.0 Å². The molecule has 2 heterocycles. The van der Waals surface area contributed by atoms with Crippen LogP contribution in [0.15, 0.2) is 18.3 Å². The molecule has 0 amide bonds. The molecule has 0 radical (unpaired) electrons. The van der Waals surface area contributed by atoms with Gasteiger partial charge in [0.1, 0.15) is 5.82 Å². The Morgan fingerprint density at radius 2 is 2.57 bits per heavy atom. The smallest absolute Gasteiger partial charge is 0.148 e. The highest BCUT2D eigenvalue weighted by molar-refractivity contribution is 5.31. The Morgan fingerprint density at radius 3 is 3.29 bits per heavy atom. The van der Waals surface area contributed by atoms with Gasteiger partial charge in [-0.2, -0.15) is 5.10 Å². The normalized spacial score (nSPS) is 21.9. The summed E-state index contributed by atoms with van der Waals surface area (Å²) in [6, 6.07) is 3.81. The van der Waals surface area contributed by atoms with Crippen LogP contribution in [0.5, 0.6) is 0 Å². The Balaban J connectivity index is 1.76. The second kappa shape index (κ2) is 4.91. The monoisotopic (exact) mass is 193 g/mol. The summed E-state index contributed by atoms with van der Waals surface area (Å²) in [5, 5.41) is 11.0. The first-order valence-corrected chi connectivity index (χ1v) is 5.04. The number of hydrogen-bond donors (Lipinski definition) is 1. The average molecular weight is 193 g/mol. The fourth-order valence-corrected chi connectivity index (χ4v) is 1.61. The van der Waals surface area contributed by atoms with Crippen molar-refractivity contribution in [2.75, 3.05) is 25.1 Å². The summed E-state index contributed by atoms with van der Waals surface area (Å²) in [5.41, 5.74) is 0. The lowest BCUT2D eigenvalue weighted by Crippen LogP contribution is -2.24. The van der Waals surface area contributed by atoms with E-state index < -0.39 is 0 Å². The number of ether oxygens (including phenoxy) is 1. The molecular formula is C10H15N3O. The average Bonchev–Trinajstić information content (AvgIpc) is 2.29. The van der Waals surface area contributed by atoms with Gasteiger partial charge in [0.15, 0.2) is 0 Å². The van der Waals surface area contributed by atoms with Crippen LogP contribution in [0, 0.1) is 5.92 Å². The molecule has 4 nitrogen and oxygen atoms in total. The van der Waals surface area contributed by atoms with Crippen LogP contribution in [-0.2, 0) is 4.74 Å². The number of hydrogen-bond acceptors (Lipinski definition) is 4. The minimum absolute atomic E-state index is 0.616. The molecule has 1 saturated heterocycles. The van der Waals surface area contributed by atoms with Crippen LogP contribution in [0.4, 0.5) is 5.82 Å². The van der Waals surface area contributed by atoms with Gasteiger partial charge in [-0.3, -0.25) is 0 Å². The van der Waals surface area contributed by atoms with E-state index >= 15 is 0 Å². The maximum Gasteiger partial charge on any atom is 0.148 e. The van der Waals surface area contributed by atoms with E-state index in [-0.39, 0.29) is 0 Å². The fraction of sp³-hybridized carbons (Fsp3) is 0.600. The predicted molar refractivity (Wildman–Crippen MR) is 54.1 cm³/mol. The van der Waals surface area contributed by atoms with Gasteiger partial charge in [0.25, 0.3) is 0 Å². The van der Waals surface area contributed by atoms with Gasteiger partial charge in [0, 0.05) is 19.3 Å². The van der Waals surface area contributed by atoms with Gasteiger partial charge in [0.05, 0.1) is 6.61 Å². The molecular weight excluding hydrogens is 178 g/mol. The zero-order valence-corrected chi connectivity index (χ0v) is 8.15. The number of nitrogens with one attached hydrogen (secondary N) is 1. The van der Waals surface area contributed by atoms with Crippen molar-refractivity contribution in [1.29, 1.82) is 0 Å². The summed E-state index contributed by atoms with van der Waals surface area (Å²) >= 11 is 0. The molecule has 1 aliphatic rings. The highest BCUT2D eigenvalue weighted by atomic mass is 16.5. The molecule has 1 aromatic heterocycles. The van der Waals surface area contributed by atoms with E-state index in [0.717, 1.165) is 25.6 Å². The first kappa shape index (κ1) is 9.40. The van der Waals surface area contributed by atoms with Gasteiger partial charge in [-0.15, -0.1) is 5.10 Å². The molecule has 1 aromatic rings. The molecule has 0 bridgehead atoms. The third kappa shape index (κ3) is 2.67. The van der Waals surface area contributed by atoms with E-state index in [4.69, 9.17) is 4.74 Å². The molecule has 0 aliphatic carbocycles. The maximum absolute atomic E-state index is 5.39. The lowest BCUT2D eigenvalue weighted by molar-refractivity contribution is 0.0595. The van der Waals surface area contributed by atoms with Crippen LogP contribution in [0.2, 0.25) is 0 Å². The van der Waals surface area contributed by atoms with Crippen molar-refractivity contribution in [3.8, 4) is 0 Å². The minimum atomic E-state index is 0.616. The second-order valence-corrected chi connectivity index (χ2v) is 3.57. The van der Waals surface area contributed by atoms with Crippen LogP contribution in [0.1, 0.15) is 12.8 Å². The van der Waals surface area contributed by atoms with E-state index in [2.05, 4.69) is 15.5 Å². The topological polar surface area (TPSA) is 47.0 Å². The predicted octanol–water partition coefficient (Wildman–Crippen LogP) is 1.32. The number of nitrogens with zero attached hydrogens (tertiary/aromatic N) is 2. The molecule has 0 aromatic carbocycles. The molecule has 1 unspecified atom stereocenters. The van der Waals surface area contributed by atoms with Crippen molar-refractivity contribution >= 4 is 5.82 Å². The summed E-state index contributed by atoms with van der Waals surface area (Å²) in [6.07, 6.45) is 4.09. The second-order valence-electron chi connectivity index (χ2n) is 3.57. The number of aromatic nitrogens is 2. The lowest BCUT2D eigenvalue weighted by atomic mass is 10.0. The molecule has 1 fully saturated rings. The molecule has 1 aliphatic heterocycles. The van der Waals surface area contributed by atoms with Gasteiger partial charge in [-0.1, -0.05) is 0 Å². The summed E-state index contributed by atoms with van der Waals surface area (Å²) < 4.78 is 5.39. The molecule has 2 rings (SSSR count). The summed E-state index contributed by atoms with van der Waals surface area (Å²) in [5.74, 6) is 1.46. The third-order valence-corrected chi connectivity index (χ3v) is 2.40. The van der Waals surface area contributed by atoms with Gasteiger partial charge >= 0.3 is 0 Å². The third-order valence-electron chi connectivity index (χ3n) is 2.40. The quantitative estimate of drug-likeness (QED) is 0.786. The summed E-state index contributed by atoms with van der Waals surface area (Å²) in [7, 11) is 0. The zero-order valence-electron chi connectivity index (χ0n) is 8.15. The van der Waals surface area contributed by atoms with Crippen molar-refractivity contribution in [2.45, 2.75) is 12.8 Å². The molecule has 1 atom stereocenters. The zero-order chi connectivity index (χ0) is 9.64. The van der Waals surface area contributed by atoms with Crippen LogP contribution < -0.4 is 5.32 Å². The largest absolute Gasteiger partial charge is 0.381 e. The van der Waals surface area contributed by atoms with Crippen molar-refractivity contribution in [2.24, 2.45) is 5.92 Å². The first-order chi connectivity index (χ1) is 6.95. The molecule has 14 heavy (non-hydrogen) atoms. The Hall–Kier alpha value is -1.16. The van der Waals surface area contributed by atoms with Gasteiger partial charge in [0.2, 0.25) is 0 Å². The minimum Gasteiger partial charge on any atom is -0.381 e. The molecule has 0 spiro atoms. The SMILES string of the molecule is c1cnnc(NCC2CCCOC2)c1. The van der Waals surface area contributed by atoms with E-state index in [9.17, 15) is 0 Å². The van der Waals surface area contributed by atoms with Crippen LogP contribution >= 0.6 is 0 Å². The summed E-state index contributed by atoms with van der Waals surface area (Å²) in [4.78, 5) is 0. The Kier molecular flexibility index (Phi) is 3.29. The summed E-state index contributed by atoms with van der Waals surface area (Å²) in [6.45, 7) is 2.72.